The van der Waals surface area contributed by atoms with Crippen molar-refractivity contribution >= 4 is 34.0 Å². The number of pyridine rings is 5. The number of morpholine rings is 1. The number of ether oxygens (including phenoxy) is 1. The third-order valence-electron chi connectivity index (χ3n) is 12.6. The van der Waals surface area contributed by atoms with Gasteiger partial charge in [-0.15, -0.1) is 22.7 Å². The lowest BCUT2D eigenvalue weighted by Gasteiger charge is -2.24. The van der Waals surface area contributed by atoms with Crippen LogP contribution in [0.2, 0.25) is 0 Å². The number of furan rings is 2. The van der Waals surface area contributed by atoms with Crippen molar-refractivity contribution in [1.82, 2.24) is 44.7 Å². The fourth-order valence-electron chi connectivity index (χ4n) is 7.07. The average molecular weight is 1360 g/mol. The molecule has 96 heavy (non-hydrogen) atoms. The second-order valence-corrected chi connectivity index (χ2v) is 24.5. The fraction of sp³-hybridized carbons (Fsp3) is 0.312. The second kappa shape index (κ2) is 59.0. The standard InChI is InChI=1S/C7H7F.C7H8.C6H13NO.5C6H7N.C6H13N.C5H7NS.2C5H6O.C5H6S.C4H5NS/c1-6-2-4-7(8)5-3-6;1-7-5-3-2-4-6-7;1-2-7-3-5-8-6-4-7;2*1-6-2-4-7-5-3-6;2*1-6-3-2-4-7-5-6;1-6-4-2-3-5-7-6;1-2-7-5-3-4-6-7;1-4-3-7-5(2)6-4;1-5-2-3-6-4-5;1-5-3-2-4-6-5;1-5-2-3-6-4-5;1-4-5-2-3-6-4/h2-5H,1H3;2-6H,1H3;2-6H2,1H3;5*2-5H,1H3;2-6H2,1H3;3H,1-2H3;3*2-4H,1H3;2-3H,1H3. The van der Waals surface area contributed by atoms with E-state index in [-0.39, 0.29) is 5.82 Å². The van der Waals surface area contributed by atoms with E-state index in [1.54, 1.807) is 115 Å². The average Bonchev–Trinajstić information content (AvgIpc) is 4.55. The highest BCUT2D eigenvalue weighted by molar-refractivity contribution is 7.09. The first-order valence-electron chi connectivity index (χ1n) is 32.2. The predicted molar refractivity (Wildman–Crippen MR) is 406 cm³/mol. The number of hydrogen-bond acceptors (Lipinski definition) is 15. The number of aromatic nitrogens is 7. The van der Waals surface area contributed by atoms with Crippen molar-refractivity contribution in [3.63, 3.8) is 0 Å². The van der Waals surface area contributed by atoms with E-state index in [2.05, 4.69) is 107 Å². The van der Waals surface area contributed by atoms with E-state index in [4.69, 9.17) is 13.6 Å². The number of halogens is 1. The molecule has 0 bridgehead atoms. The number of hydrogen-bond donors (Lipinski definition) is 0. The van der Waals surface area contributed by atoms with Crippen molar-refractivity contribution in [2.75, 3.05) is 52.5 Å². The molecule has 0 aliphatic carbocycles. The lowest BCUT2D eigenvalue weighted by Crippen LogP contribution is -2.35. The van der Waals surface area contributed by atoms with Gasteiger partial charge in [-0.2, -0.15) is 11.3 Å². The van der Waals surface area contributed by atoms with Gasteiger partial charge < -0.3 is 18.5 Å². The molecule has 2 aliphatic rings. The highest BCUT2D eigenvalue weighted by atomic mass is 32.1. The minimum atomic E-state index is -0.171. The molecule has 2 saturated heterocycles. The first-order chi connectivity index (χ1) is 46.4. The van der Waals surface area contributed by atoms with Crippen LogP contribution < -0.4 is 0 Å². The van der Waals surface area contributed by atoms with Crippen molar-refractivity contribution in [3.05, 3.63) is 325 Å². The summed E-state index contributed by atoms with van der Waals surface area (Å²) in [7, 11) is 0. The largest absolute Gasteiger partial charge is 0.472 e. The number of nitrogens with zero attached hydrogens (tertiary/aromatic N) is 9. The van der Waals surface area contributed by atoms with E-state index in [0.29, 0.717) is 0 Å². The highest BCUT2D eigenvalue weighted by Crippen LogP contribution is 2.07. The lowest BCUT2D eigenvalue weighted by atomic mass is 10.2. The van der Waals surface area contributed by atoms with Crippen LogP contribution in [-0.2, 0) is 4.74 Å². The van der Waals surface area contributed by atoms with Crippen molar-refractivity contribution in [2.24, 2.45) is 0 Å². The molecule has 2 fully saturated rings. The Bertz CT molecular complexity index is 3000. The number of likely N-dealkylation sites (tertiary alicyclic amines) is 1. The Morgan fingerprint density at radius 2 is 0.948 bits per heavy atom. The Balaban J connectivity index is 0.000000517. The number of benzene rings is 2. The van der Waals surface area contributed by atoms with Crippen LogP contribution in [0.3, 0.4) is 0 Å². The second-order valence-electron chi connectivity index (χ2n) is 21.6. The van der Waals surface area contributed by atoms with Gasteiger partial charge in [0, 0.05) is 97.2 Å². The minimum absolute atomic E-state index is 0.171. The Labute approximate surface area is 587 Å². The summed E-state index contributed by atoms with van der Waals surface area (Å²) in [4.78, 5) is 32.4. The van der Waals surface area contributed by atoms with Gasteiger partial charge in [-0.05, 0) is 258 Å². The van der Waals surface area contributed by atoms with Crippen molar-refractivity contribution < 1.29 is 18.0 Å². The molecule has 0 spiro atoms. The summed E-state index contributed by atoms with van der Waals surface area (Å²) in [6.07, 6.45) is 25.8. The molecule has 16 heteroatoms. The monoisotopic (exact) mass is 1360 g/mol. The smallest absolute Gasteiger partial charge is 0.123 e. The summed E-state index contributed by atoms with van der Waals surface area (Å²) >= 11 is 5.10. The van der Waals surface area contributed by atoms with Crippen LogP contribution in [-0.4, -0.2) is 97.2 Å². The topological polar surface area (TPSA) is 132 Å². The van der Waals surface area contributed by atoms with Gasteiger partial charge in [0.25, 0.3) is 0 Å². The summed E-state index contributed by atoms with van der Waals surface area (Å²) in [6, 6.07) is 46.1. The molecule has 0 atom stereocenters. The van der Waals surface area contributed by atoms with E-state index in [1.807, 2.05) is 197 Å². The highest BCUT2D eigenvalue weighted by Gasteiger charge is 2.07. The van der Waals surface area contributed by atoms with Crippen LogP contribution in [0.25, 0.3) is 0 Å². The molecular formula is C80H106FN9O3S3. The van der Waals surface area contributed by atoms with E-state index >= 15 is 0 Å². The first kappa shape index (κ1) is 85.5. The van der Waals surface area contributed by atoms with Crippen LogP contribution in [0.4, 0.5) is 4.39 Å². The summed E-state index contributed by atoms with van der Waals surface area (Å²) < 4.78 is 26.8. The van der Waals surface area contributed by atoms with Gasteiger partial charge in [-0.25, -0.2) is 9.37 Å². The van der Waals surface area contributed by atoms with Crippen molar-refractivity contribution in [2.45, 2.75) is 117 Å². The lowest BCUT2D eigenvalue weighted by molar-refractivity contribution is 0.0405. The van der Waals surface area contributed by atoms with E-state index in [9.17, 15) is 4.39 Å². The van der Waals surface area contributed by atoms with E-state index in [1.165, 1.54) is 90.1 Å². The molecule has 12 nitrogen and oxygen atoms in total. The number of likely N-dealkylation sites (N-methyl/N-ethyl adjacent to an activating group) is 1. The number of rotatable bonds is 2. The Morgan fingerprint density at radius 1 is 0.406 bits per heavy atom. The Morgan fingerprint density at radius 3 is 1.17 bits per heavy atom. The van der Waals surface area contributed by atoms with Crippen LogP contribution in [0.15, 0.2) is 257 Å². The van der Waals surface area contributed by atoms with Gasteiger partial charge in [0.1, 0.15) is 11.6 Å². The SMILES string of the molecule is CCN1CCCC1.CCN1CCOCC1.Cc1ccc(F)cc1.Cc1ccccc1.Cc1ccccn1.Cc1cccnc1.Cc1cccnc1.Cc1ccco1.Cc1ccncc1.Cc1ccncc1.Cc1ccoc1.Cc1ccsc1.Cc1csc(C)n1.Cc1nccs1. The molecule has 514 valence electrons. The number of thiazole rings is 2. The van der Waals surface area contributed by atoms with Crippen LogP contribution >= 0.6 is 34.0 Å². The first-order valence-corrected chi connectivity index (χ1v) is 34.9. The van der Waals surface area contributed by atoms with Gasteiger partial charge in [0.05, 0.1) is 42.0 Å². The van der Waals surface area contributed by atoms with Crippen LogP contribution in [0, 0.1) is 95.8 Å². The molecule has 0 radical (unpaired) electrons. The normalized spacial score (nSPS) is 11.2. The molecule has 12 heterocycles. The maximum Gasteiger partial charge on any atom is 0.123 e. The third-order valence-corrected chi connectivity index (χ3v) is 15.0. The van der Waals surface area contributed by atoms with Crippen LogP contribution in [0.5, 0.6) is 0 Å². The maximum absolute atomic E-state index is 12.1. The molecule has 0 saturated carbocycles. The number of aryl methyl sites for hydroxylation is 13. The van der Waals surface area contributed by atoms with E-state index in [0.717, 1.165) is 59.0 Å². The van der Waals surface area contributed by atoms with Gasteiger partial charge in [0.15, 0.2) is 0 Å². The zero-order chi connectivity index (χ0) is 70.5. The van der Waals surface area contributed by atoms with E-state index < -0.39 is 0 Å². The molecule has 14 rings (SSSR count). The zero-order valence-electron chi connectivity index (χ0n) is 59.6. The molecule has 2 aromatic carbocycles. The molecule has 0 amide bonds. The summed E-state index contributed by atoms with van der Waals surface area (Å²) in [5.41, 5.74) is 12.1. The quantitative estimate of drug-likeness (QED) is 0.163. The summed E-state index contributed by atoms with van der Waals surface area (Å²) in [6.45, 7) is 39.7. The van der Waals surface area contributed by atoms with Gasteiger partial charge in [-0.3, -0.25) is 34.8 Å². The van der Waals surface area contributed by atoms with Crippen molar-refractivity contribution in [3.8, 4) is 0 Å². The zero-order valence-corrected chi connectivity index (χ0v) is 62.0. The fourth-order valence-corrected chi connectivity index (χ4v) is 8.77. The Hall–Kier alpha value is -8.48. The molecule has 10 aromatic heterocycles. The minimum Gasteiger partial charge on any atom is -0.472 e. The number of thiophene rings is 1. The molecule has 2 aliphatic heterocycles. The van der Waals surface area contributed by atoms with Gasteiger partial charge >= 0.3 is 0 Å². The maximum atomic E-state index is 12.1. The Kier molecular flexibility index (Phi) is 52.6. The third kappa shape index (κ3) is 54.9. The summed E-state index contributed by atoms with van der Waals surface area (Å²) in [5.74, 6) is 0.797. The molecular weight excluding hydrogens is 1250 g/mol. The van der Waals surface area contributed by atoms with Gasteiger partial charge in [0.2, 0.25) is 0 Å². The molecule has 12 aromatic rings. The van der Waals surface area contributed by atoms with Crippen molar-refractivity contribution in [1.29, 1.82) is 0 Å². The van der Waals surface area contributed by atoms with Gasteiger partial charge in [-0.1, -0.05) is 85.6 Å². The summed E-state index contributed by atoms with van der Waals surface area (Å²) in [5, 5.41) is 10.5. The molecule has 0 unspecified atom stereocenters. The molecule has 0 N–H and O–H groups in total. The van der Waals surface area contributed by atoms with Crippen LogP contribution in [0.1, 0.15) is 98.4 Å². The predicted octanol–water partition coefficient (Wildman–Crippen LogP) is 21.0.